The van der Waals surface area contributed by atoms with Gasteiger partial charge < -0.3 is 25.0 Å². The summed E-state index contributed by atoms with van der Waals surface area (Å²) in [7, 11) is -1.77. The van der Waals surface area contributed by atoms with E-state index in [1.165, 1.54) is 0 Å². The van der Waals surface area contributed by atoms with Crippen LogP contribution in [-0.2, 0) is 16.0 Å². The topological polar surface area (TPSA) is 126 Å². The van der Waals surface area contributed by atoms with Crippen LogP contribution in [0.5, 0.6) is 0 Å². The Morgan fingerprint density at radius 1 is 1.24 bits per heavy atom. The summed E-state index contributed by atoms with van der Waals surface area (Å²) in [6, 6.07) is 9.55. The number of nitriles is 1. The van der Waals surface area contributed by atoms with Crippen LogP contribution in [-0.4, -0.2) is 88.7 Å². The van der Waals surface area contributed by atoms with Crippen molar-refractivity contribution < 1.29 is 33.2 Å². The fourth-order valence-electron chi connectivity index (χ4n) is 6.09. The summed E-state index contributed by atoms with van der Waals surface area (Å²) < 4.78 is 33.1. The van der Waals surface area contributed by atoms with E-state index >= 15 is 0 Å². The van der Waals surface area contributed by atoms with Gasteiger partial charge in [0.25, 0.3) is 5.92 Å². The predicted molar refractivity (Wildman–Crippen MR) is 155 cm³/mol. The van der Waals surface area contributed by atoms with Crippen LogP contribution in [0.2, 0.25) is 0 Å². The summed E-state index contributed by atoms with van der Waals surface area (Å²) in [5.41, 5.74) is 1.51. The lowest BCUT2D eigenvalue weighted by molar-refractivity contribution is -0.140. The quantitative estimate of drug-likeness (QED) is 0.317. The lowest BCUT2D eigenvalue weighted by Gasteiger charge is -2.40. The number of alkyl halides is 2. The van der Waals surface area contributed by atoms with Gasteiger partial charge >= 0.3 is 13.2 Å². The molecule has 232 valence electrons. The second-order valence-corrected chi connectivity index (χ2v) is 12.6. The second-order valence-electron chi connectivity index (χ2n) is 12.6. The smallest absolute Gasteiger partial charge is 0.447 e. The number of hydrogen-bond acceptors (Lipinski definition) is 7. The molecule has 1 aromatic rings. The van der Waals surface area contributed by atoms with Crippen LogP contribution in [0.15, 0.2) is 24.3 Å². The van der Waals surface area contributed by atoms with Gasteiger partial charge in [-0.05, 0) is 70.8 Å². The molecule has 2 aliphatic rings. The van der Waals surface area contributed by atoms with Gasteiger partial charge in [0.1, 0.15) is 12.5 Å². The molecule has 0 spiro atoms. The first-order chi connectivity index (χ1) is 19.7. The van der Waals surface area contributed by atoms with Gasteiger partial charge in [-0.25, -0.2) is 13.6 Å². The molecule has 1 aromatic carbocycles. The Labute approximate surface area is 248 Å². The zero-order valence-electron chi connectivity index (χ0n) is 25.2. The van der Waals surface area contributed by atoms with Crippen molar-refractivity contribution in [3.05, 3.63) is 35.4 Å². The van der Waals surface area contributed by atoms with E-state index in [0.717, 1.165) is 24.0 Å². The summed E-state index contributed by atoms with van der Waals surface area (Å²) in [5, 5.41) is 32.1. The molecule has 42 heavy (non-hydrogen) atoms. The number of amides is 2. The Kier molecular flexibility index (Phi) is 11.8. The summed E-state index contributed by atoms with van der Waals surface area (Å²) in [4.78, 5) is 29.5. The third-order valence-corrected chi connectivity index (χ3v) is 8.67. The molecule has 3 N–H and O–H groups in total. The highest BCUT2D eigenvalue weighted by atomic mass is 19.3. The lowest BCUT2D eigenvalue weighted by atomic mass is 9.76. The third-order valence-electron chi connectivity index (χ3n) is 8.67. The zero-order valence-corrected chi connectivity index (χ0v) is 25.2. The summed E-state index contributed by atoms with van der Waals surface area (Å²) >= 11 is 0. The van der Waals surface area contributed by atoms with Crippen LogP contribution in [0.25, 0.3) is 0 Å². The van der Waals surface area contributed by atoms with E-state index in [1.54, 1.807) is 9.80 Å². The van der Waals surface area contributed by atoms with Crippen LogP contribution in [0, 0.1) is 30.1 Å². The normalized spacial score (nSPS) is 21.2. The first-order valence-electron chi connectivity index (χ1n) is 14.9. The number of carbonyl (C=O) groups is 2. The van der Waals surface area contributed by atoms with Crippen LogP contribution in [0.4, 0.5) is 13.6 Å². The number of likely N-dealkylation sites (tertiary alicyclic amines) is 2. The van der Waals surface area contributed by atoms with Crippen molar-refractivity contribution in [1.29, 1.82) is 5.26 Å². The molecule has 9 nitrogen and oxygen atoms in total. The van der Waals surface area contributed by atoms with Gasteiger partial charge in [-0.15, -0.1) is 0 Å². The first-order valence-corrected chi connectivity index (χ1v) is 14.9. The predicted octanol–water partition coefficient (Wildman–Crippen LogP) is 3.70. The number of piperidine rings is 1. The molecule has 4 atom stereocenters. The third kappa shape index (κ3) is 9.38. The van der Waals surface area contributed by atoms with Crippen molar-refractivity contribution in [3.8, 4) is 6.07 Å². The average molecular weight is 591 g/mol. The van der Waals surface area contributed by atoms with E-state index in [0.29, 0.717) is 25.8 Å². The number of hydrogen-bond donors (Lipinski definition) is 3. The summed E-state index contributed by atoms with van der Waals surface area (Å²) in [6.07, 6.45) is 2.39. The van der Waals surface area contributed by atoms with E-state index in [1.807, 2.05) is 52.0 Å². The molecule has 3 rings (SSSR count). The minimum Gasteiger partial charge on any atom is -0.447 e. The van der Waals surface area contributed by atoms with E-state index in [4.69, 9.17) is 4.74 Å². The summed E-state index contributed by atoms with van der Waals surface area (Å²) in [6.45, 7) is 7.80. The molecule has 0 aromatic heterocycles. The summed E-state index contributed by atoms with van der Waals surface area (Å²) in [5.74, 6) is -5.35. The molecular formula is C30H45BF2N4O5. The molecule has 0 saturated carbocycles. The fourth-order valence-corrected chi connectivity index (χ4v) is 6.09. The molecule has 2 amide bonds. The molecule has 2 fully saturated rings. The minimum atomic E-state index is -2.73. The maximum absolute atomic E-state index is 13.8. The second kappa shape index (κ2) is 14.6. The van der Waals surface area contributed by atoms with E-state index < -0.39 is 42.6 Å². The van der Waals surface area contributed by atoms with Gasteiger partial charge in [-0.3, -0.25) is 9.69 Å². The van der Waals surface area contributed by atoms with Crippen LogP contribution >= 0.6 is 0 Å². The van der Waals surface area contributed by atoms with E-state index in [9.17, 15) is 33.7 Å². The first kappa shape index (κ1) is 33.8. The molecule has 2 saturated heterocycles. The molecule has 2 unspecified atom stereocenters. The number of ether oxygens (including phenoxy) is 1. The molecule has 0 aliphatic carbocycles. The number of carbonyl (C=O) groups excluding carboxylic acids is 2. The van der Waals surface area contributed by atoms with Crippen molar-refractivity contribution in [3.63, 3.8) is 0 Å². The maximum atomic E-state index is 13.8. The Balaban J connectivity index is 1.56. The maximum Gasteiger partial charge on any atom is 0.475 e. The zero-order chi connectivity index (χ0) is 31.1. The molecule has 2 aliphatic heterocycles. The van der Waals surface area contributed by atoms with Crippen molar-refractivity contribution in [1.82, 2.24) is 15.1 Å². The largest absolute Gasteiger partial charge is 0.475 e. The molecule has 0 bridgehead atoms. The van der Waals surface area contributed by atoms with Crippen molar-refractivity contribution in [2.45, 2.75) is 96.1 Å². The number of alkyl carbamates (subject to hydrolysis) is 1. The fraction of sp³-hybridized carbons (Fsp3) is 0.700. The standard InChI is InChI=1S/C30H45BF2N4O5/c1-21-8-10-23(11-9-21)12-13-26(31(40)41)35-28(39)42-19-24-7-5-6-15-37(24)27(38)25(18-34)22(2)17-29(3,4)36-16-14-30(32,33)20-36/h8-11,22,24-26,40-41H,5-7,12-17,19-20H2,1-4H3,(H,35,39)/t22?,24-,25?,26+/m1/s1. The van der Waals surface area contributed by atoms with Gasteiger partial charge in [0.2, 0.25) is 5.91 Å². The molecular weight excluding hydrogens is 545 g/mol. The van der Waals surface area contributed by atoms with E-state index in [2.05, 4.69) is 11.4 Å². The average Bonchev–Trinajstić information content (AvgIpc) is 3.31. The van der Waals surface area contributed by atoms with Gasteiger partial charge in [0.05, 0.1) is 24.6 Å². The van der Waals surface area contributed by atoms with Crippen molar-refractivity contribution in [2.24, 2.45) is 11.8 Å². The SMILES string of the molecule is Cc1ccc(CC[C@H](NC(=O)OC[C@H]2CCCCN2C(=O)C(C#N)C(C)CC(C)(C)N2CCC(F)(F)C2)B(O)O)cc1. The van der Waals surface area contributed by atoms with Gasteiger partial charge in [0.15, 0.2) is 0 Å². The lowest BCUT2D eigenvalue weighted by Crippen LogP contribution is -2.52. The van der Waals surface area contributed by atoms with E-state index in [-0.39, 0.29) is 44.4 Å². The molecule has 2 heterocycles. The monoisotopic (exact) mass is 590 g/mol. The number of aryl methyl sites for hydroxylation is 2. The Hall–Kier alpha value is -2.75. The molecule has 0 radical (unpaired) electrons. The van der Waals surface area contributed by atoms with Gasteiger partial charge in [-0.1, -0.05) is 36.8 Å². The number of nitrogens with zero attached hydrogens (tertiary/aromatic N) is 3. The Morgan fingerprint density at radius 2 is 1.93 bits per heavy atom. The van der Waals surface area contributed by atoms with Crippen LogP contribution in [0.3, 0.4) is 0 Å². The highest BCUT2D eigenvalue weighted by molar-refractivity contribution is 6.43. The number of benzene rings is 1. The number of rotatable bonds is 12. The number of halogens is 2. The van der Waals surface area contributed by atoms with Crippen molar-refractivity contribution in [2.75, 3.05) is 26.2 Å². The highest BCUT2D eigenvalue weighted by Crippen LogP contribution is 2.36. The van der Waals surface area contributed by atoms with Gasteiger partial charge in [-0.2, -0.15) is 5.26 Å². The molecule has 12 heteroatoms. The van der Waals surface area contributed by atoms with Crippen LogP contribution < -0.4 is 5.32 Å². The Morgan fingerprint density at radius 3 is 2.52 bits per heavy atom. The van der Waals surface area contributed by atoms with Crippen LogP contribution in [0.1, 0.15) is 70.4 Å². The Bertz CT molecular complexity index is 1100. The number of nitrogens with one attached hydrogen (secondary N) is 1. The van der Waals surface area contributed by atoms with Crippen molar-refractivity contribution >= 4 is 19.1 Å². The highest BCUT2D eigenvalue weighted by Gasteiger charge is 2.45. The minimum absolute atomic E-state index is 0.0926. The van der Waals surface area contributed by atoms with Gasteiger partial charge in [0, 0.05) is 25.0 Å².